The van der Waals surface area contributed by atoms with E-state index in [-0.39, 0.29) is 5.97 Å². The van der Waals surface area contributed by atoms with Gasteiger partial charge in [-0.15, -0.1) is 0 Å². The van der Waals surface area contributed by atoms with Crippen LogP contribution >= 0.6 is 0 Å². The summed E-state index contributed by atoms with van der Waals surface area (Å²) in [6.07, 6.45) is 8.18. The van der Waals surface area contributed by atoms with Gasteiger partial charge in [0.05, 0.1) is 7.11 Å². The SMILES string of the molecule is C1=C2CCC(C1)C2.COC(C)=O. The first kappa shape index (κ1) is 9.30. The molecule has 2 nitrogen and oxygen atoms in total. The molecule has 0 aromatic carbocycles. The summed E-state index contributed by atoms with van der Waals surface area (Å²) >= 11 is 0. The Hall–Kier alpha value is -0.790. The Kier molecular flexibility index (Phi) is 3.32. The number of ether oxygens (including phenoxy) is 1. The van der Waals surface area contributed by atoms with E-state index in [1.54, 1.807) is 5.57 Å². The van der Waals surface area contributed by atoms with Crippen LogP contribution in [0.2, 0.25) is 0 Å². The molecule has 2 aliphatic carbocycles. The molecule has 2 bridgehead atoms. The molecule has 0 spiro atoms. The summed E-state index contributed by atoms with van der Waals surface area (Å²) < 4.78 is 4.11. The maximum atomic E-state index is 9.59. The molecule has 68 valence electrons. The van der Waals surface area contributed by atoms with Gasteiger partial charge in [-0.05, 0) is 31.6 Å². The van der Waals surface area contributed by atoms with Crippen LogP contribution in [-0.2, 0) is 9.53 Å². The van der Waals surface area contributed by atoms with Crippen molar-refractivity contribution < 1.29 is 9.53 Å². The number of rotatable bonds is 0. The van der Waals surface area contributed by atoms with Gasteiger partial charge in [0.15, 0.2) is 0 Å². The van der Waals surface area contributed by atoms with E-state index < -0.39 is 0 Å². The van der Waals surface area contributed by atoms with Gasteiger partial charge in [-0.2, -0.15) is 0 Å². The van der Waals surface area contributed by atoms with Gasteiger partial charge in [-0.1, -0.05) is 11.6 Å². The van der Waals surface area contributed by atoms with Crippen molar-refractivity contribution in [2.45, 2.75) is 32.6 Å². The average Bonchev–Trinajstić information content (AvgIpc) is 2.67. The normalized spacial score (nSPS) is 24.2. The molecular weight excluding hydrogens is 152 g/mol. The Morgan fingerprint density at radius 2 is 2.33 bits per heavy atom. The minimum atomic E-state index is -0.245. The van der Waals surface area contributed by atoms with Crippen LogP contribution in [0.1, 0.15) is 32.6 Å². The third-order valence-corrected chi connectivity index (χ3v) is 2.45. The predicted octanol–water partition coefficient (Wildman–Crippen LogP) is 2.30. The molecule has 0 aromatic heterocycles. The van der Waals surface area contributed by atoms with Crippen LogP contribution in [-0.4, -0.2) is 13.1 Å². The lowest BCUT2D eigenvalue weighted by atomic mass is 10.1. The summed E-state index contributed by atoms with van der Waals surface area (Å²) in [7, 11) is 1.35. The molecule has 2 heteroatoms. The molecule has 0 aromatic rings. The van der Waals surface area contributed by atoms with Crippen LogP contribution in [0.25, 0.3) is 0 Å². The molecule has 1 unspecified atom stereocenters. The molecule has 0 N–H and O–H groups in total. The summed E-state index contributed by atoms with van der Waals surface area (Å²) in [6, 6.07) is 0. The molecule has 12 heavy (non-hydrogen) atoms. The van der Waals surface area contributed by atoms with Gasteiger partial charge in [0.25, 0.3) is 0 Å². The minimum Gasteiger partial charge on any atom is -0.469 e. The Bertz CT molecular complexity index is 194. The van der Waals surface area contributed by atoms with Crippen molar-refractivity contribution in [3.8, 4) is 0 Å². The maximum Gasteiger partial charge on any atom is 0.302 e. The zero-order valence-electron chi connectivity index (χ0n) is 7.80. The Morgan fingerprint density at radius 3 is 2.42 bits per heavy atom. The fourth-order valence-electron chi connectivity index (χ4n) is 1.68. The molecule has 0 aliphatic heterocycles. The van der Waals surface area contributed by atoms with Gasteiger partial charge in [-0.25, -0.2) is 0 Å². The molecule has 1 fully saturated rings. The number of methoxy groups -OCH3 is 1. The lowest BCUT2D eigenvalue weighted by molar-refractivity contribution is -0.137. The standard InChI is InChI=1S/C7H10.C3H6O2/c1-2-7-4-3-6(1)5-7;1-3(4)5-2/h1,7H,2-5H2;1-2H3. The van der Waals surface area contributed by atoms with Gasteiger partial charge >= 0.3 is 5.97 Å². The van der Waals surface area contributed by atoms with Gasteiger partial charge in [0.2, 0.25) is 0 Å². The average molecular weight is 168 g/mol. The fourth-order valence-corrected chi connectivity index (χ4v) is 1.68. The quantitative estimate of drug-likeness (QED) is 0.410. The van der Waals surface area contributed by atoms with Crippen LogP contribution < -0.4 is 0 Å². The first-order chi connectivity index (χ1) is 5.72. The first-order valence-electron chi connectivity index (χ1n) is 4.45. The summed E-state index contributed by atoms with van der Waals surface area (Å²) in [5, 5.41) is 0. The summed E-state index contributed by atoms with van der Waals surface area (Å²) in [4.78, 5) is 9.59. The van der Waals surface area contributed by atoms with E-state index in [0.717, 1.165) is 5.92 Å². The van der Waals surface area contributed by atoms with E-state index in [4.69, 9.17) is 0 Å². The van der Waals surface area contributed by atoms with Gasteiger partial charge < -0.3 is 4.74 Å². The Morgan fingerprint density at radius 1 is 1.67 bits per heavy atom. The molecule has 0 heterocycles. The molecule has 0 saturated heterocycles. The van der Waals surface area contributed by atoms with E-state index in [2.05, 4.69) is 10.8 Å². The summed E-state index contributed by atoms with van der Waals surface area (Å²) in [5.74, 6) is 0.833. The Balaban J connectivity index is 0.000000130. The van der Waals surface area contributed by atoms with Crippen LogP contribution in [0, 0.1) is 5.92 Å². The molecule has 2 aliphatic rings. The molecule has 0 radical (unpaired) electrons. The van der Waals surface area contributed by atoms with Crippen molar-refractivity contribution in [1.29, 1.82) is 0 Å². The largest absolute Gasteiger partial charge is 0.469 e. The van der Waals surface area contributed by atoms with E-state index >= 15 is 0 Å². The molecule has 0 amide bonds. The number of hydrogen-bond donors (Lipinski definition) is 0. The number of esters is 1. The first-order valence-corrected chi connectivity index (χ1v) is 4.45. The smallest absolute Gasteiger partial charge is 0.302 e. The second-order valence-electron chi connectivity index (χ2n) is 3.40. The number of carbonyl (C=O) groups excluding carboxylic acids is 1. The molecule has 2 rings (SSSR count). The Labute approximate surface area is 73.6 Å². The highest BCUT2D eigenvalue weighted by atomic mass is 16.5. The van der Waals surface area contributed by atoms with E-state index in [1.165, 1.54) is 39.7 Å². The van der Waals surface area contributed by atoms with Crippen molar-refractivity contribution in [3.05, 3.63) is 11.6 Å². The topological polar surface area (TPSA) is 26.3 Å². The number of hydrogen-bond acceptors (Lipinski definition) is 2. The van der Waals surface area contributed by atoms with Gasteiger partial charge in [-0.3, -0.25) is 4.79 Å². The predicted molar refractivity (Wildman–Crippen MR) is 47.7 cm³/mol. The van der Waals surface area contributed by atoms with E-state index in [1.807, 2.05) is 0 Å². The van der Waals surface area contributed by atoms with Crippen LogP contribution in [0.3, 0.4) is 0 Å². The number of carbonyl (C=O) groups is 1. The summed E-state index contributed by atoms with van der Waals surface area (Å²) in [6.45, 7) is 1.36. The maximum absolute atomic E-state index is 9.59. The third kappa shape index (κ3) is 2.68. The highest BCUT2D eigenvalue weighted by Gasteiger charge is 2.22. The lowest BCUT2D eigenvalue weighted by Gasteiger charge is -1.98. The number of fused-ring (bicyclic) bond motifs is 2. The second kappa shape index (κ2) is 4.29. The van der Waals surface area contributed by atoms with E-state index in [9.17, 15) is 4.79 Å². The fraction of sp³-hybridized carbons (Fsp3) is 0.700. The minimum absolute atomic E-state index is 0.245. The highest BCUT2D eigenvalue weighted by Crippen LogP contribution is 2.38. The van der Waals surface area contributed by atoms with Crippen molar-refractivity contribution in [2.24, 2.45) is 5.92 Å². The van der Waals surface area contributed by atoms with Crippen LogP contribution in [0.15, 0.2) is 11.6 Å². The lowest BCUT2D eigenvalue weighted by Crippen LogP contribution is -1.88. The summed E-state index contributed by atoms with van der Waals surface area (Å²) in [5.41, 5.74) is 1.74. The van der Waals surface area contributed by atoms with Gasteiger partial charge in [0, 0.05) is 6.92 Å². The molecule has 1 saturated carbocycles. The zero-order chi connectivity index (χ0) is 8.97. The van der Waals surface area contributed by atoms with Crippen LogP contribution in [0.4, 0.5) is 0 Å². The number of allylic oxidation sites excluding steroid dienone is 2. The molecule has 1 atom stereocenters. The van der Waals surface area contributed by atoms with Crippen molar-refractivity contribution >= 4 is 5.97 Å². The van der Waals surface area contributed by atoms with Crippen molar-refractivity contribution in [2.75, 3.05) is 7.11 Å². The highest BCUT2D eigenvalue weighted by molar-refractivity contribution is 5.65. The van der Waals surface area contributed by atoms with Crippen molar-refractivity contribution in [1.82, 2.24) is 0 Å². The van der Waals surface area contributed by atoms with Crippen molar-refractivity contribution in [3.63, 3.8) is 0 Å². The van der Waals surface area contributed by atoms with Crippen LogP contribution in [0.5, 0.6) is 0 Å². The van der Waals surface area contributed by atoms with Gasteiger partial charge in [0.1, 0.15) is 0 Å². The monoisotopic (exact) mass is 168 g/mol. The second-order valence-corrected chi connectivity index (χ2v) is 3.40. The zero-order valence-corrected chi connectivity index (χ0v) is 7.80. The van der Waals surface area contributed by atoms with E-state index in [0.29, 0.717) is 0 Å². The third-order valence-electron chi connectivity index (χ3n) is 2.45. The molecular formula is C10H16O2.